The molecule has 3 rings (SSSR count). The zero-order valence-corrected chi connectivity index (χ0v) is 11.3. The molecule has 2 N–H and O–H groups in total. The van der Waals surface area contributed by atoms with E-state index in [1.54, 1.807) is 23.1 Å². The van der Waals surface area contributed by atoms with E-state index in [2.05, 4.69) is 0 Å². The molecule has 6 nitrogen and oxygen atoms in total. The standard InChI is InChI=1S/C14H17N3O3/c1-20-8-17-11-5-4-9(15)7-10(11)13(18)16-6-2-3-12(16)14(17)19/h4-5,7,12H,2-3,6,8,15H2,1H3/t12-/m0/s1. The van der Waals surface area contributed by atoms with Crippen LogP contribution in [-0.2, 0) is 9.53 Å². The van der Waals surface area contributed by atoms with E-state index in [1.807, 2.05) is 0 Å². The fourth-order valence-electron chi connectivity index (χ4n) is 2.94. The number of methoxy groups -OCH3 is 1. The molecule has 2 aliphatic heterocycles. The Balaban J connectivity index is 2.15. The number of benzene rings is 1. The van der Waals surface area contributed by atoms with Gasteiger partial charge in [0.15, 0.2) is 0 Å². The van der Waals surface area contributed by atoms with Crippen molar-refractivity contribution >= 4 is 23.2 Å². The Bertz CT molecular complexity index is 573. The van der Waals surface area contributed by atoms with E-state index in [9.17, 15) is 9.59 Å². The number of hydrogen-bond acceptors (Lipinski definition) is 4. The summed E-state index contributed by atoms with van der Waals surface area (Å²) in [6, 6.07) is 4.65. The fraction of sp³-hybridized carbons (Fsp3) is 0.429. The molecule has 1 atom stereocenters. The van der Waals surface area contributed by atoms with Crippen LogP contribution in [0.15, 0.2) is 18.2 Å². The van der Waals surface area contributed by atoms with Gasteiger partial charge in [-0.25, -0.2) is 0 Å². The van der Waals surface area contributed by atoms with Gasteiger partial charge in [-0.15, -0.1) is 0 Å². The van der Waals surface area contributed by atoms with Crippen molar-refractivity contribution in [1.82, 2.24) is 4.90 Å². The van der Waals surface area contributed by atoms with Gasteiger partial charge in [0.05, 0.1) is 11.3 Å². The van der Waals surface area contributed by atoms with Crippen molar-refractivity contribution in [1.29, 1.82) is 0 Å². The van der Waals surface area contributed by atoms with Crippen molar-refractivity contribution in [3.8, 4) is 0 Å². The predicted octanol–water partition coefficient (Wildman–Crippen LogP) is 0.824. The summed E-state index contributed by atoms with van der Waals surface area (Å²) in [7, 11) is 1.53. The fourth-order valence-corrected chi connectivity index (χ4v) is 2.94. The van der Waals surface area contributed by atoms with Gasteiger partial charge in [0.1, 0.15) is 12.8 Å². The lowest BCUT2D eigenvalue weighted by Crippen LogP contribution is -2.45. The zero-order chi connectivity index (χ0) is 14.3. The molecule has 0 aromatic heterocycles. The number of carbonyl (C=O) groups excluding carboxylic acids is 2. The zero-order valence-electron chi connectivity index (χ0n) is 11.3. The molecule has 0 spiro atoms. The topological polar surface area (TPSA) is 75.9 Å². The molecule has 0 radical (unpaired) electrons. The summed E-state index contributed by atoms with van der Waals surface area (Å²) < 4.78 is 5.12. The number of carbonyl (C=O) groups is 2. The second-order valence-corrected chi connectivity index (χ2v) is 5.12. The molecule has 1 aromatic carbocycles. The first-order valence-electron chi connectivity index (χ1n) is 6.64. The van der Waals surface area contributed by atoms with Gasteiger partial charge in [-0.3, -0.25) is 14.5 Å². The normalized spacial score (nSPS) is 21.8. The van der Waals surface area contributed by atoms with Crippen LogP contribution < -0.4 is 10.6 Å². The molecule has 106 valence electrons. The number of nitrogens with zero attached hydrogens (tertiary/aromatic N) is 2. The van der Waals surface area contributed by atoms with Crippen LogP contribution in [0.4, 0.5) is 11.4 Å². The number of hydrogen-bond donors (Lipinski definition) is 1. The highest BCUT2D eigenvalue weighted by atomic mass is 16.5. The maximum Gasteiger partial charge on any atom is 0.256 e. The highest BCUT2D eigenvalue weighted by Gasteiger charge is 2.41. The number of rotatable bonds is 2. The summed E-state index contributed by atoms with van der Waals surface area (Å²) in [5.74, 6) is -0.206. The molecule has 20 heavy (non-hydrogen) atoms. The minimum Gasteiger partial charge on any atom is -0.399 e. The Kier molecular flexibility index (Phi) is 3.10. The van der Waals surface area contributed by atoms with Gasteiger partial charge >= 0.3 is 0 Å². The molecule has 2 heterocycles. The van der Waals surface area contributed by atoms with Gasteiger partial charge in [-0.05, 0) is 31.0 Å². The van der Waals surface area contributed by atoms with Crippen LogP contribution in [0, 0.1) is 0 Å². The molecule has 2 aliphatic rings. The average Bonchev–Trinajstić information content (AvgIpc) is 2.90. The van der Waals surface area contributed by atoms with Crippen molar-refractivity contribution in [3.05, 3.63) is 23.8 Å². The van der Waals surface area contributed by atoms with Gasteiger partial charge in [0, 0.05) is 19.3 Å². The second kappa shape index (κ2) is 4.79. The summed E-state index contributed by atoms with van der Waals surface area (Å²) in [5, 5.41) is 0. The summed E-state index contributed by atoms with van der Waals surface area (Å²) in [5.41, 5.74) is 7.34. The molecule has 2 amide bonds. The van der Waals surface area contributed by atoms with Gasteiger partial charge < -0.3 is 15.4 Å². The first-order chi connectivity index (χ1) is 9.63. The van der Waals surface area contributed by atoms with Crippen LogP contribution in [-0.4, -0.2) is 43.1 Å². The summed E-state index contributed by atoms with van der Waals surface area (Å²) >= 11 is 0. The van der Waals surface area contributed by atoms with Crippen LogP contribution in [0.3, 0.4) is 0 Å². The van der Waals surface area contributed by atoms with Gasteiger partial charge in [0.2, 0.25) is 0 Å². The van der Waals surface area contributed by atoms with Crippen LogP contribution >= 0.6 is 0 Å². The lowest BCUT2D eigenvalue weighted by Gasteiger charge is -2.25. The Hall–Kier alpha value is -2.08. The second-order valence-electron chi connectivity index (χ2n) is 5.12. The Labute approximate surface area is 117 Å². The molecular weight excluding hydrogens is 258 g/mol. The first kappa shape index (κ1) is 12.9. The molecule has 0 aliphatic carbocycles. The predicted molar refractivity (Wildman–Crippen MR) is 74.3 cm³/mol. The minimum atomic E-state index is -0.383. The van der Waals surface area contributed by atoms with E-state index in [1.165, 1.54) is 12.0 Å². The van der Waals surface area contributed by atoms with E-state index < -0.39 is 0 Å². The van der Waals surface area contributed by atoms with Crippen molar-refractivity contribution in [2.75, 3.05) is 31.0 Å². The van der Waals surface area contributed by atoms with E-state index in [0.717, 1.165) is 6.42 Å². The summed E-state index contributed by atoms with van der Waals surface area (Å²) in [6.07, 6.45) is 1.55. The third-order valence-electron chi connectivity index (χ3n) is 3.86. The maximum absolute atomic E-state index is 12.6. The monoisotopic (exact) mass is 275 g/mol. The van der Waals surface area contributed by atoms with E-state index >= 15 is 0 Å². The summed E-state index contributed by atoms with van der Waals surface area (Å²) in [6.45, 7) is 0.748. The smallest absolute Gasteiger partial charge is 0.256 e. The number of ether oxygens (including phenoxy) is 1. The number of nitrogens with two attached hydrogens (primary N) is 1. The average molecular weight is 275 g/mol. The molecule has 0 unspecified atom stereocenters. The number of fused-ring (bicyclic) bond motifs is 2. The van der Waals surface area contributed by atoms with Gasteiger partial charge in [-0.1, -0.05) is 0 Å². The van der Waals surface area contributed by atoms with Crippen molar-refractivity contribution in [2.24, 2.45) is 0 Å². The quantitative estimate of drug-likeness (QED) is 0.811. The van der Waals surface area contributed by atoms with E-state index in [4.69, 9.17) is 10.5 Å². The molecule has 1 aromatic rings. The highest BCUT2D eigenvalue weighted by Crippen LogP contribution is 2.33. The van der Waals surface area contributed by atoms with Gasteiger partial charge in [0.25, 0.3) is 11.8 Å². The van der Waals surface area contributed by atoms with Crippen LogP contribution in [0.5, 0.6) is 0 Å². The summed E-state index contributed by atoms with van der Waals surface area (Å²) in [4.78, 5) is 28.4. The van der Waals surface area contributed by atoms with Crippen molar-refractivity contribution in [3.63, 3.8) is 0 Å². The van der Waals surface area contributed by atoms with Gasteiger partial charge in [-0.2, -0.15) is 0 Å². The van der Waals surface area contributed by atoms with E-state index in [-0.39, 0.29) is 24.6 Å². The Morgan fingerprint density at radius 2 is 2.20 bits per heavy atom. The third kappa shape index (κ3) is 1.84. The molecule has 1 fully saturated rings. The third-order valence-corrected chi connectivity index (χ3v) is 3.86. The molecule has 0 saturated carbocycles. The molecule has 1 saturated heterocycles. The van der Waals surface area contributed by atoms with Crippen molar-refractivity contribution < 1.29 is 14.3 Å². The van der Waals surface area contributed by atoms with E-state index in [0.29, 0.717) is 29.9 Å². The van der Waals surface area contributed by atoms with Crippen LogP contribution in [0.2, 0.25) is 0 Å². The number of amides is 2. The highest BCUT2D eigenvalue weighted by molar-refractivity contribution is 6.11. The number of anilines is 2. The molecule has 6 heteroatoms. The van der Waals surface area contributed by atoms with Crippen LogP contribution in [0.25, 0.3) is 0 Å². The Morgan fingerprint density at radius 1 is 1.40 bits per heavy atom. The number of nitrogen functional groups attached to an aromatic ring is 1. The maximum atomic E-state index is 12.6. The minimum absolute atomic E-state index is 0.0822. The van der Waals surface area contributed by atoms with Crippen LogP contribution in [0.1, 0.15) is 23.2 Å². The lowest BCUT2D eigenvalue weighted by molar-refractivity contribution is -0.123. The molecule has 0 bridgehead atoms. The Morgan fingerprint density at radius 3 is 2.95 bits per heavy atom. The largest absolute Gasteiger partial charge is 0.399 e. The SMILES string of the molecule is COCN1C(=O)[C@@H]2CCCN2C(=O)c2cc(N)ccc21. The molecular formula is C14H17N3O3. The first-order valence-corrected chi connectivity index (χ1v) is 6.64. The lowest BCUT2D eigenvalue weighted by atomic mass is 10.1. The van der Waals surface area contributed by atoms with Crippen molar-refractivity contribution in [2.45, 2.75) is 18.9 Å².